The first-order chi connectivity index (χ1) is 14.6. The number of amides is 1. The molecule has 160 valence electrons. The van der Waals surface area contributed by atoms with Gasteiger partial charge in [0.15, 0.2) is 17.6 Å². The molecule has 1 amide bonds. The van der Waals surface area contributed by atoms with Crippen LogP contribution in [-0.2, 0) is 16.0 Å². The highest BCUT2D eigenvalue weighted by atomic mass is 35.5. The number of rotatable bonds is 12. The van der Waals surface area contributed by atoms with Gasteiger partial charge >= 0.3 is 0 Å². The first-order valence-electron chi connectivity index (χ1n) is 9.58. The molecule has 0 aliphatic heterocycles. The standard InChI is InChI=1S/C23H26ClNO5/c1-4-14-29-20-11-6-17(15-21(20)27-3)12-13-25-23(26)22(28-5-2)16-30-19-9-7-18(24)8-10-19/h1,6-11,15,22H,5,12-14,16H2,2-3H3,(H,25,26)/t22-/m1/s1. The summed E-state index contributed by atoms with van der Waals surface area (Å²) >= 11 is 5.87. The summed E-state index contributed by atoms with van der Waals surface area (Å²) in [4.78, 5) is 12.5. The number of ether oxygens (including phenoxy) is 4. The lowest BCUT2D eigenvalue weighted by Gasteiger charge is -2.18. The Bertz CT molecular complexity index is 848. The monoisotopic (exact) mass is 431 g/mol. The Kier molecular flexibility index (Phi) is 9.85. The zero-order chi connectivity index (χ0) is 21.8. The predicted octanol–water partition coefficient (Wildman–Crippen LogP) is 3.50. The molecule has 0 spiro atoms. The smallest absolute Gasteiger partial charge is 0.252 e. The molecule has 0 saturated carbocycles. The number of hydrogen-bond donors (Lipinski definition) is 1. The van der Waals surface area contributed by atoms with Gasteiger partial charge in [-0.05, 0) is 55.3 Å². The highest BCUT2D eigenvalue weighted by molar-refractivity contribution is 6.30. The average molecular weight is 432 g/mol. The van der Waals surface area contributed by atoms with Crippen LogP contribution in [0.25, 0.3) is 0 Å². The van der Waals surface area contributed by atoms with Gasteiger partial charge in [0, 0.05) is 18.2 Å². The fourth-order valence-electron chi connectivity index (χ4n) is 2.65. The zero-order valence-corrected chi connectivity index (χ0v) is 17.9. The van der Waals surface area contributed by atoms with E-state index in [9.17, 15) is 4.79 Å². The van der Waals surface area contributed by atoms with E-state index in [1.165, 1.54) is 0 Å². The lowest BCUT2D eigenvalue weighted by Crippen LogP contribution is -2.41. The largest absolute Gasteiger partial charge is 0.493 e. The zero-order valence-electron chi connectivity index (χ0n) is 17.2. The maximum absolute atomic E-state index is 12.5. The summed E-state index contributed by atoms with van der Waals surface area (Å²) in [7, 11) is 1.57. The summed E-state index contributed by atoms with van der Waals surface area (Å²) < 4.78 is 21.9. The van der Waals surface area contributed by atoms with Crippen molar-refractivity contribution in [2.24, 2.45) is 0 Å². The van der Waals surface area contributed by atoms with Crippen LogP contribution in [0.3, 0.4) is 0 Å². The molecule has 6 nitrogen and oxygen atoms in total. The number of carbonyl (C=O) groups is 1. The Balaban J connectivity index is 1.86. The van der Waals surface area contributed by atoms with Gasteiger partial charge in [0.25, 0.3) is 5.91 Å². The first kappa shape index (κ1) is 23.4. The summed E-state index contributed by atoms with van der Waals surface area (Å²) in [5, 5.41) is 3.50. The first-order valence-corrected chi connectivity index (χ1v) is 9.96. The molecular weight excluding hydrogens is 406 g/mol. The average Bonchev–Trinajstić information content (AvgIpc) is 2.76. The fourth-order valence-corrected chi connectivity index (χ4v) is 2.78. The van der Waals surface area contributed by atoms with E-state index >= 15 is 0 Å². The molecule has 2 aromatic carbocycles. The minimum atomic E-state index is -0.709. The normalized spacial score (nSPS) is 11.3. The Morgan fingerprint density at radius 3 is 2.60 bits per heavy atom. The van der Waals surface area contributed by atoms with Crippen LogP contribution in [-0.4, -0.2) is 45.5 Å². The second-order valence-electron chi connectivity index (χ2n) is 6.23. The van der Waals surface area contributed by atoms with Gasteiger partial charge in [0.2, 0.25) is 0 Å². The van der Waals surface area contributed by atoms with Crippen molar-refractivity contribution < 1.29 is 23.7 Å². The lowest BCUT2D eigenvalue weighted by molar-refractivity contribution is -0.134. The number of halogens is 1. The van der Waals surface area contributed by atoms with Gasteiger partial charge in [-0.15, -0.1) is 6.42 Å². The van der Waals surface area contributed by atoms with Gasteiger partial charge in [-0.1, -0.05) is 23.6 Å². The van der Waals surface area contributed by atoms with Crippen molar-refractivity contribution in [3.05, 3.63) is 53.1 Å². The van der Waals surface area contributed by atoms with Gasteiger partial charge < -0.3 is 24.3 Å². The molecule has 2 aromatic rings. The summed E-state index contributed by atoms with van der Waals surface area (Å²) in [6.45, 7) is 2.95. The van der Waals surface area contributed by atoms with Crippen LogP contribution in [0.15, 0.2) is 42.5 Å². The van der Waals surface area contributed by atoms with E-state index in [1.54, 1.807) is 37.4 Å². The Hall–Kier alpha value is -2.88. The third-order valence-corrected chi connectivity index (χ3v) is 4.38. The second-order valence-corrected chi connectivity index (χ2v) is 6.66. The van der Waals surface area contributed by atoms with Crippen molar-refractivity contribution in [1.82, 2.24) is 5.32 Å². The van der Waals surface area contributed by atoms with Crippen molar-refractivity contribution in [2.75, 3.05) is 33.5 Å². The summed E-state index contributed by atoms with van der Waals surface area (Å²) in [5.41, 5.74) is 0.991. The molecule has 1 N–H and O–H groups in total. The van der Waals surface area contributed by atoms with Gasteiger partial charge in [-0.2, -0.15) is 0 Å². The van der Waals surface area contributed by atoms with Crippen molar-refractivity contribution >= 4 is 17.5 Å². The third-order valence-electron chi connectivity index (χ3n) is 4.13. The minimum absolute atomic E-state index is 0.107. The third kappa shape index (κ3) is 7.51. The highest BCUT2D eigenvalue weighted by Crippen LogP contribution is 2.28. The molecule has 0 bridgehead atoms. The van der Waals surface area contributed by atoms with Crippen molar-refractivity contribution in [3.63, 3.8) is 0 Å². The highest BCUT2D eigenvalue weighted by Gasteiger charge is 2.19. The van der Waals surface area contributed by atoms with Crippen LogP contribution in [0.2, 0.25) is 5.02 Å². The number of methoxy groups -OCH3 is 1. The SMILES string of the molecule is C#CCOc1ccc(CCNC(=O)[C@@H](COc2ccc(Cl)cc2)OCC)cc1OC. The van der Waals surface area contributed by atoms with Gasteiger partial charge in [0.05, 0.1) is 7.11 Å². The predicted molar refractivity (Wildman–Crippen MR) is 116 cm³/mol. The van der Waals surface area contributed by atoms with Crippen molar-refractivity contribution in [1.29, 1.82) is 0 Å². The molecule has 0 unspecified atom stereocenters. The molecule has 0 aromatic heterocycles. The van der Waals surface area contributed by atoms with E-state index in [-0.39, 0.29) is 19.1 Å². The van der Waals surface area contributed by atoms with E-state index in [0.29, 0.717) is 41.8 Å². The molecule has 0 fully saturated rings. The van der Waals surface area contributed by atoms with Crippen molar-refractivity contribution in [3.8, 4) is 29.6 Å². The Labute approximate surface area is 182 Å². The van der Waals surface area contributed by atoms with Crippen LogP contribution < -0.4 is 19.5 Å². The van der Waals surface area contributed by atoms with E-state index < -0.39 is 6.10 Å². The molecule has 0 aliphatic carbocycles. The Morgan fingerprint density at radius 2 is 1.93 bits per heavy atom. The Morgan fingerprint density at radius 1 is 1.17 bits per heavy atom. The van der Waals surface area contributed by atoms with Crippen LogP contribution in [0, 0.1) is 12.3 Å². The quantitative estimate of drug-likeness (QED) is 0.521. The van der Waals surface area contributed by atoms with Crippen LogP contribution in [0.5, 0.6) is 17.2 Å². The van der Waals surface area contributed by atoms with Crippen LogP contribution in [0.1, 0.15) is 12.5 Å². The van der Waals surface area contributed by atoms with Crippen LogP contribution >= 0.6 is 11.6 Å². The maximum atomic E-state index is 12.5. The second kappa shape index (κ2) is 12.6. The van der Waals surface area contributed by atoms with E-state index in [1.807, 2.05) is 19.1 Å². The summed E-state index contributed by atoms with van der Waals surface area (Å²) in [5.74, 6) is 3.99. The maximum Gasteiger partial charge on any atom is 0.252 e. The molecule has 2 rings (SSSR count). The molecule has 7 heteroatoms. The van der Waals surface area contributed by atoms with E-state index in [0.717, 1.165) is 5.56 Å². The number of nitrogens with one attached hydrogen (secondary N) is 1. The molecule has 1 atom stereocenters. The van der Waals surface area contributed by atoms with Crippen LogP contribution in [0.4, 0.5) is 0 Å². The molecule has 0 heterocycles. The summed E-state index contributed by atoms with van der Waals surface area (Å²) in [6, 6.07) is 12.5. The molecular formula is C23H26ClNO5. The van der Waals surface area contributed by atoms with E-state index in [4.69, 9.17) is 37.0 Å². The molecule has 30 heavy (non-hydrogen) atoms. The minimum Gasteiger partial charge on any atom is -0.493 e. The van der Waals surface area contributed by atoms with E-state index in [2.05, 4.69) is 11.2 Å². The summed E-state index contributed by atoms with van der Waals surface area (Å²) in [6.07, 6.45) is 5.13. The molecule has 0 saturated heterocycles. The number of carbonyl (C=O) groups excluding carboxylic acids is 1. The van der Waals surface area contributed by atoms with Gasteiger partial charge in [0.1, 0.15) is 19.0 Å². The van der Waals surface area contributed by atoms with Gasteiger partial charge in [-0.25, -0.2) is 0 Å². The van der Waals surface area contributed by atoms with Crippen molar-refractivity contribution in [2.45, 2.75) is 19.4 Å². The number of benzene rings is 2. The topological polar surface area (TPSA) is 66.0 Å². The number of terminal acetylenes is 1. The molecule has 0 radical (unpaired) electrons. The molecule has 0 aliphatic rings. The number of hydrogen-bond acceptors (Lipinski definition) is 5. The fraction of sp³-hybridized carbons (Fsp3) is 0.348. The van der Waals surface area contributed by atoms with Gasteiger partial charge in [-0.3, -0.25) is 4.79 Å². The lowest BCUT2D eigenvalue weighted by atomic mass is 10.1.